The molecule has 0 saturated heterocycles. The highest BCUT2D eigenvalue weighted by atomic mass is 19.4. The van der Waals surface area contributed by atoms with Crippen LogP contribution < -0.4 is 0 Å². The molecule has 14 heavy (non-hydrogen) atoms. The van der Waals surface area contributed by atoms with Gasteiger partial charge in [0.2, 0.25) is 0 Å². The molecule has 0 fully saturated rings. The number of aryl methyl sites for hydroxylation is 1. The van der Waals surface area contributed by atoms with Crippen LogP contribution in [-0.4, -0.2) is 5.11 Å². The van der Waals surface area contributed by atoms with Gasteiger partial charge in [-0.2, -0.15) is 13.2 Å². The second kappa shape index (κ2) is 4.00. The number of halogens is 3. The molecule has 0 heterocycles. The molecule has 1 aromatic carbocycles. The molecule has 0 saturated carbocycles. The molecule has 1 aromatic rings. The summed E-state index contributed by atoms with van der Waals surface area (Å²) >= 11 is 0. The van der Waals surface area contributed by atoms with Crippen molar-refractivity contribution < 1.29 is 18.3 Å². The van der Waals surface area contributed by atoms with Gasteiger partial charge in [-0.1, -0.05) is 19.1 Å². The van der Waals surface area contributed by atoms with E-state index in [2.05, 4.69) is 0 Å². The molecular formula is C10H11F3O. The van der Waals surface area contributed by atoms with Crippen LogP contribution >= 0.6 is 0 Å². The van der Waals surface area contributed by atoms with Crippen molar-refractivity contribution in [3.63, 3.8) is 0 Å². The maximum atomic E-state index is 12.4. The third-order valence-corrected chi connectivity index (χ3v) is 2.04. The molecule has 0 radical (unpaired) electrons. The fraction of sp³-hybridized carbons (Fsp3) is 0.400. The molecule has 0 atom stereocenters. The molecule has 1 N–H and O–H groups in total. The smallest absolute Gasteiger partial charge is 0.392 e. The number of aliphatic hydroxyl groups excluding tert-OH is 1. The van der Waals surface area contributed by atoms with Crippen LogP contribution in [0.5, 0.6) is 0 Å². The molecular weight excluding hydrogens is 193 g/mol. The highest BCUT2D eigenvalue weighted by Crippen LogP contribution is 2.32. The Balaban J connectivity index is 3.18. The van der Waals surface area contributed by atoms with E-state index in [-0.39, 0.29) is 12.2 Å². The molecule has 1 rings (SSSR count). The van der Waals surface area contributed by atoms with Crippen LogP contribution in [0.2, 0.25) is 0 Å². The summed E-state index contributed by atoms with van der Waals surface area (Å²) in [5.74, 6) is 0. The summed E-state index contributed by atoms with van der Waals surface area (Å²) in [7, 11) is 0. The zero-order valence-corrected chi connectivity index (χ0v) is 7.73. The number of hydrogen-bond donors (Lipinski definition) is 1. The number of benzene rings is 1. The van der Waals surface area contributed by atoms with Gasteiger partial charge in [-0.25, -0.2) is 0 Å². The molecule has 0 amide bonds. The van der Waals surface area contributed by atoms with Gasteiger partial charge in [-0.3, -0.25) is 0 Å². The summed E-state index contributed by atoms with van der Waals surface area (Å²) in [5, 5.41) is 8.77. The Morgan fingerprint density at radius 2 is 1.93 bits per heavy atom. The molecule has 0 aliphatic rings. The lowest BCUT2D eigenvalue weighted by Crippen LogP contribution is -2.09. The van der Waals surface area contributed by atoms with E-state index in [1.165, 1.54) is 12.1 Å². The van der Waals surface area contributed by atoms with E-state index in [4.69, 9.17) is 5.11 Å². The summed E-state index contributed by atoms with van der Waals surface area (Å²) in [6, 6.07) is 3.70. The van der Waals surface area contributed by atoms with Gasteiger partial charge in [0.15, 0.2) is 0 Å². The molecule has 0 aromatic heterocycles. The van der Waals surface area contributed by atoms with Gasteiger partial charge >= 0.3 is 6.18 Å². The van der Waals surface area contributed by atoms with E-state index >= 15 is 0 Å². The molecule has 0 aliphatic heterocycles. The van der Waals surface area contributed by atoms with Crippen molar-refractivity contribution in [2.24, 2.45) is 0 Å². The Kier molecular flexibility index (Phi) is 3.16. The van der Waals surface area contributed by atoms with Gasteiger partial charge < -0.3 is 5.11 Å². The van der Waals surface area contributed by atoms with Gasteiger partial charge in [0.05, 0.1) is 12.2 Å². The van der Waals surface area contributed by atoms with Crippen molar-refractivity contribution in [2.75, 3.05) is 0 Å². The SMILES string of the molecule is CCc1cc(CO)ccc1C(F)(F)F. The Labute approximate surface area is 80.2 Å². The first-order valence-electron chi connectivity index (χ1n) is 4.29. The van der Waals surface area contributed by atoms with Crippen molar-refractivity contribution >= 4 is 0 Å². The van der Waals surface area contributed by atoms with E-state index in [0.717, 1.165) is 6.07 Å². The molecule has 0 aliphatic carbocycles. The minimum atomic E-state index is -4.31. The van der Waals surface area contributed by atoms with Gasteiger partial charge in [0, 0.05) is 0 Å². The van der Waals surface area contributed by atoms with Gasteiger partial charge in [-0.15, -0.1) is 0 Å². The number of rotatable bonds is 2. The van der Waals surface area contributed by atoms with Crippen molar-refractivity contribution in [3.8, 4) is 0 Å². The molecule has 0 bridgehead atoms. The predicted molar refractivity (Wildman–Crippen MR) is 46.7 cm³/mol. The summed E-state index contributed by atoms with van der Waals surface area (Å²) in [4.78, 5) is 0. The lowest BCUT2D eigenvalue weighted by molar-refractivity contribution is -0.138. The fourth-order valence-corrected chi connectivity index (χ4v) is 1.31. The van der Waals surface area contributed by atoms with Crippen LogP contribution in [0.25, 0.3) is 0 Å². The average Bonchev–Trinajstić information content (AvgIpc) is 2.15. The van der Waals surface area contributed by atoms with Crippen molar-refractivity contribution in [1.82, 2.24) is 0 Å². The third kappa shape index (κ3) is 2.26. The maximum Gasteiger partial charge on any atom is 0.416 e. The highest BCUT2D eigenvalue weighted by Gasteiger charge is 2.32. The molecule has 0 unspecified atom stereocenters. The first kappa shape index (κ1) is 11.0. The maximum absolute atomic E-state index is 12.4. The third-order valence-electron chi connectivity index (χ3n) is 2.04. The van der Waals surface area contributed by atoms with Crippen LogP contribution in [0.15, 0.2) is 18.2 Å². The molecule has 78 valence electrons. The molecule has 1 nitrogen and oxygen atoms in total. The minimum Gasteiger partial charge on any atom is -0.392 e. The molecule has 0 spiro atoms. The lowest BCUT2D eigenvalue weighted by atomic mass is 10.0. The topological polar surface area (TPSA) is 20.2 Å². The van der Waals surface area contributed by atoms with Crippen LogP contribution in [0.1, 0.15) is 23.6 Å². The van der Waals surface area contributed by atoms with Crippen LogP contribution in [-0.2, 0) is 19.2 Å². The highest BCUT2D eigenvalue weighted by molar-refractivity contribution is 5.33. The van der Waals surface area contributed by atoms with E-state index in [1.54, 1.807) is 6.92 Å². The van der Waals surface area contributed by atoms with Gasteiger partial charge in [-0.05, 0) is 23.6 Å². The quantitative estimate of drug-likeness (QED) is 0.785. The van der Waals surface area contributed by atoms with Crippen molar-refractivity contribution in [2.45, 2.75) is 26.1 Å². The van der Waals surface area contributed by atoms with E-state index in [0.29, 0.717) is 12.0 Å². The normalized spacial score (nSPS) is 11.8. The van der Waals surface area contributed by atoms with Crippen LogP contribution in [0, 0.1) is 0 Å². The minimum absolute atomic E-state index is 0.226. The average molecular weight is 204 g/mol. The first-order valence-corrected chi connectivity index (χ1v) is 4.29. The predicted octanol–water partition coefficient (Wildman–Crippen LogP) is 2.76. The Bertz CT molecular complexity index is 318. The van der Waals surface area contributed by atoms with Crippen molar-refractivity contribution in [3.05, 3.63) is 34.9 Å². The summed E-state index contributed by atoms with van der Waals surface area (Å²) < 4.78 is 37.2. The standard InChI is InChI=1S/C10H11F3O/c1-2-8-5-7(6-14)3-4-9(8)10(11,12)13/h3-5,14H,2,6H2,1H3. The number of alkyl halides is 3. The van der Waals surface area contributed by atoms with E-state index < -0.39 is 11.7 Å². The zero-order valence-electron chi connectivity index (χ0n) is 7.73. The Morgan fingerprint density at radius 3 is 2.36 bits per heavy atom. The van der Waals surface area contributed by atoms with Gasteiger partial charge in [0.1, 0.15) is 0 Å². The van der Waals surface area contributed by atoms with Crippen LogP contribution in [0.3, 0.4) is 0 Å². The fourth-order valence-electron chi connectivity index (χ4n) is 1.31. The summed E-state index contributed by atoms with van der Waals surface area (Å²) in [6.45, 7) is 1.43. The van der Waals surface area contributed by atoms with Crippen LogP contribution in [0.4, 0.5) is 13.2 Å². The lowest BCUT2D eigenvalue weighted by Gasteiger charge is -2.12. The van der Waals surface area contributed by atoms with E-state index in [1.807, 2.05) is 0 Å². The second-order valence-corrected chi connectivity index (χ2v) is 3.00. The number of aliphatic hydroxyl groups is 1. The first-order chi connectivity index (χ1) is 6.49. The molecule has 4 heteroatoms. The number of hydrogen-bond acceptors (Lipinski definition) is 1. The van der Waals surface area contributed by atoms with E-state index in [9.17, 15) is 13.2 Å². The van der Waals surface area contributed by atoms with Crippen molar-refractivity contribution in [1.29, 1.82) is 0 Å². The summed E-state index contributed by atoms with van der Waals surface area (Å²) in [5.41, 5.74) is 0.121. The second-order valence-electron chi connectivity index (χ2n) is 3.00. The monoisotopic (exact) mass is 204 g/mol. The Morgan fingerprint density at radius 1 is 1.29 bits per heavy atom. The summed E-state index contributed by atoms with van der Waals surface area (Å²) in [6.07, 6.45) is -4.00. The Hall–Kier alpha value is -1.03. The zero-order chi connectivity index (χ0) is 10.8. The largest absolute Gasteiger partial charge is 0.416 e. The van der Waals surface area contributed by atoms with Gasteiger partial charge in [0.25, 0.3) is 0 Å².